The molecule has 1 saturated heterocycles. The smallest absolute Gasteiger partial charge is 0.306 e. The Balaban J connectivity index is 1.59. The summed E-state index contributed by atoms with van der Waals surface area (Å²) < 4.78 is 5.59. The van der Waals surface area contributed by atoms with Gasteiger partial charge in [0.15, 0.2) is 5.82 Å². The number of carbonyl (C=O) groups excluding carboxylic acids is 1. The minimum absolute atomic E-state index is 0.0225. The molecule has 2 aromatic heterocycles. The number of hydrogen-bond donors (Lipinski definition) is 0. The van der Waals surface area contributed by atoms with Crippen LogP contribution in [-0.2, 0) is 9.53 Å². The van der Waals surface area contributed by atoms with E-state index in [4.69, 9.17) is 26.3 Å². The number of piperidine rings is 1. The predicted octanol–water partition coefficient (Wildman–Crippen LogP) is 5.17. The molecule has 1 aliphatic rings. The monoisotopic (exact) mass is 436 g/mol. The molecule has 1 fully saturated rings. The van der Waals surface area contributed by atoms with Crippen molar-refractivity contribution in [3.63, 3.8) is 0 Å². The second-order valence-corrected chi connectivity index (χ2v) is 8.05. The summed E-state index contributed by atoms with van der Waals surface area (Å²) in [6, 6.07) is 13.5. The number of pyridine rings is 1. The number of rotatable bonds is 6. The van der Waals surface area contributed by atoms with Crippen LogP contribution in [0.1, 0.15) is 32.6 Å². The fourth-order valence-electron chi connectivity index (χ4n) is 3.64. The van der Waals surface area contributed by atoms with Gasteiger partial charge in [-0.05, 0) is 30.7 Å². The highest BCUT2D eigenvalue weighted by molar-refractivity contribution is 6.30. The molecule has 31 heavy (non-hydrogen) atoms. The van der Waals surface area contributed by atoms with E-state index in [0.29, 0.717) is 17.3 Å². The Morgan fingerprint density at radius 1 is 1.13 bits per heavy atom. The standard InChI is InChI=1S/C24H25ClN4O2/c1-2-4-23(30)31-20-10-13-29(14-11-20)22-15-21(17-6-8-19(25)9-7-17)27-24(28-22)18-5-3-12-26-16-18/h3,5-9,12,15-16,20H,2,4,10-11,13-14H2,1H3. The van der Waals surface area contributed by atoms with Crippen LogP contribution < -0.4 is 4.90 Å². The lowest BCUT2D eigenvalue weighted by Crippen LogP contribution is -2.38. The number of esters is 1. The zero-order chi connectivity index (χ0) is 21.6. The van der Waals surface area contributed by atoms with Crippen molar-refractivity contribution < 1.29 is 9.53 Å². The average molecular weight is 437 g/mol. The molecule has 6 nitrogen and oxygen atoms in total. The third-order valence-electron chi connectivity index (χ3n) is 5.29. The highest BCUT2D eigenvalue weighted by Gasteiger charge is 2.24. The Kier molecular flexibility index (Phi) is 6.77. The second-order valence-electron chi connectivity index (χ2n) is 7.61. The van der Waals surface area contributed by atoms with Crippen molar-refractivity contribution >= 4 is 23.4 Å². The van der Waals surface area contributed by atoms with Gasteiger partial charge in [-0.1, -0.05) is 30.7 Å². The molecule has 0 amide bonds. The maximum atomic E-state index is 11.8. The van der Waals surface area contributed by atoms with Gasteiger partial charge in [0.25, 0.3) is 0 Å². The van der Waals surface area contributed by atoms with E-state index in [1.54, 1.807) is 12.4 Å². The molecule has 1 aliphatic heterocycles. The van der Waals surface area contributed by atoms with E-state index in [2.05, 4.69) is 9.88 Å². The van der Waals surface area contributed by atoms with Crippen LogP contribution in [-0.4, -0.2) is 40.1 Å². The molecule has 0 atom stereocenters. The van der Waals surface area contributed by atoms with Crippen LogP contribution in [0, 0.1) is 0 Å². The maximum absolute atomic E-state index is 11.8. The molecule has 0 saturated carbocycles. The number of anilines is 1. The molecule has 4 rings (SSSR count). The Morgan fingerprint density at radius 2 is 1.90 bits per heavy atom. The minimum atomic E-state index is -0.105. The number of carbonyl (C=O) groups is 1. The van der Waals surface area contributed by atoms with Crippen molar-refractivity contribution in [2.24, 2.45) is 0 Å². The summed E-state index contributed by atoms with van der Waals surface area (Å²) in [5.74, 6) is 1.39. The van der Waals surface area contributed by atoms with Gasteiger partial charge in [-0.25, -0.2) is 9.97 Å². The highest BCUT2D eigenvalue weighted by Crippen LogP contribution is 2.28. The molecule has 0 aliphatic carbocycles. The lowest BCUT2D eigenvalue weighted by molar-refractivity contribution is -0.150. The molecular formula is C24H25ClN4O2. The van der Waals surface area contributed by atoms with E-state index in [-0.39, 0.29) is 12.1 Å². The van der Waals surface area contributed by atoms with Crippen molar-refractivity contribution in [1.82, 2.24) is 15.0 Å². The molecule has 7 heteroatoms. The molecule has 0 spiro atoms. The lowest BCUT2D eigenvalue weighted by atomic mass is 10.1. The topological polar surface area (TPSA) is 68.2 Å². The van der Waals surface area contributed by atoms with Crippen LogP contribution in [0.4, 0.5) is 5.82 Å². The molecule has 3 heterocycles. The molecule has 3 aromatic rings. The Morgan fingerprint density at radius 3 is 2.58 bits per heavy atom. The van der Waals surface area contributed by atoms with Crippen molar-refractivity contribution in [3.8, 4) is 22.6 Å². The fraction of sp³-hybridized carbons (Fsp3) is 0.333. The van der Waals surface area contributed by atoms with Crippen LogP contribution in [0.3, 0.4) is 0 Å². The largest absolute Gasteiger partial charge is 0.462 e. The minimum Gasteiger partial charge on any atom is -0.462 e. The second kappa shape index (κ2) is 9.88. The number of ether oxygens (including phenoxy) is 1. The Labute approximate surface area is 187 Å². The van der Waals surface area contributed by atoms with Gasteiger partial charge in [0.1, 0.15) is 11.9 Å². The van der Waals surface area contributed by atoms with E-state index in [1.807, 2.05) is 49.4 Å². The van der Waals surface area contributed by atoms with Crippen LogP contribution in [0.15, 0.2) is 54.9 Å². The highest BCUT2D eigenvalue weighted by atomic mass is 35.5. The van der Waals surface area contributed by atoms with Gasteiger partial charge >= 0.3 is 5.97 Å². The summed E-state index contributed by atoms with van der Waals surface area (Å²) in [5.41, 5.74) is 2.67. The third kappa shape index (κ3) is 5.39. The van der Waals surface area contributed by atoms with E-state index in [0.717, 1.165) is 55.0 Å². The zero-order valence-electron chi connectivity index (χ0n) is 17.5. The molecule has 0 bridgehead atoms. The lowest BCUT2D eigenvalue weighted by Gasteiger charge is -2.32. The summed E-state index contributed by atoms with van der Waals surface area (Å²) in [7, 11) is 0. The number of hydrogen-bond acceptors (Lipinski definition) is 6. The van der Waals surface area contributed by atoms with E-state index < -0.39 is 0 Å². The van der Waals surface area contributed by atoms with Gasteiger partial charge in [-0.15, -0.1) is 0 Å². The summed E-state index contributed by atoms with van der Waals surface area (Å²) >= 11 is 6.06. The Bertz CT molecular complexity index is 1020. The molecule has 0 radical (unpaired) electrons. The molecule has 0 unspecified atom stereocenters. The predicted molar refractivity (Wildman–Crippen MR) is 122 cm³/mol. The van der Waals surface area contributed by atoms with Gasteiger partial charge < -0.3 is 9.64 Å². The first-order valence-electron chi connectivity index (χ1n) is 10.6. The Hall–Kier alpha value is -2.99. The maximum Gasteiger partial charge on any atom is 0.306 e. The van der Waals surface area contributed by atoms with Crippen molar-refractivity contribution in [2.45, 2.75) is 38.7 Å². The molecule has 160 valence electrons. The molecule has 0 N–H and O–H groups in total. The molecule has 1 aromatic carbocycles. The van der Waals surface area contributed by atoms with Gasteiger partial charge in [0.2, 0.25) is 0 Å². The summed E-state index contributed by atoms with van der Waals surface area (Å²) in [5, 5.41) is 0.685. The average Bonchev–Trinajstić information content (AvgIpc) is 2.80. The van der Waals surface area contributed by atoms with Crippen LogP contribution in [0.25, 0.3) is 22.6 Å². The van der Waals surface area contributed by atoms with E-state index >= 15 is 0 Å². The quantitative estimate of drug-likeness (QED) is 0.496. The summed E-state index contributed by atoms with van der Waals surface area (Å²) in [4.78, 5) is 27.9. The van der Waals surface area contributed by atoms with Crippen molar-refractivity contribution in [3.05, 3.63) is 59.9 Å². The first-order chi connectivity index (χ1) is 15.1. The third-order valence-corrected chi connectivity index (χ3v) is 5.54. The van der Waals surface area contributed by atoms with Crippen LogP contribution in [0.5, 0.6) is 0 Å². The number of benzene rings is 1. The molecular weight excluding hydrogens is 412 g/mol. The van der Waals surface area contributed by atoms with Crippen molar-refractivity contribution in [2.75, 3.05) is 18.0 Å². The van der Waals surface area contributed by atoms with Crippen LogP contribution in [0.2, 0.25) is 5.02 Å². The van der Waals surface area contributed by atoms with Gasteiger partial charge in [-0.3, -0.25) is 9.78 Å². The first kappa shape index (κ1) is 21.2. The van der Waals surface area contributed by atoms with Gasteiger partial charge in [-0.2, -0.15) is 0 Å². The number of nitrogens with zero attached hydrogens (tertiary/aromatic N) is 4. The SMILES string of the molecule is CCCC(=O)OC1CCN(c2cc(-c3ccc(Cl)cc3)nc(-c3cccnc3)n2)CC1. The fourth-order valence-corrected chi connectivity index (χ4v) is 3.77. The zero-order valence-corrected chi connectivity index (χ0v) is 18.3. The van der Waals surface area contributed by atoms with Gasteiger partial charge in [0, 0.05) is 67.0 Å². The van der Waals surface area contributed by atoms with E-state index in [9.17, 15) is 4.79 Å². The van der Waals surface area contributed by atoms with Crippen LogP contribution >= 0.6 is 11.6 Å². The van der Waals surface area contributed by atoms with Gasteiger partial charge in [0.05, 0.1) is 5.69 Å². The summed E-state index contributed by atoms with van der Waals surface area (Å²) in [6.07, 6.45) is 6.34. The number of halogens is 1. The number of aromatic nitrogens is 3. The van der Waals surface area contributed by atoms with Crippen molar-refractivity contribution in [1.29, 1.82) is 0 Å². The first-order valence-corrected chi connectivity index (χ1v) is 11.0. The summed E-state index contributed by atoms with van der Waals surface area (Å²) in [6.45, 7) is 3.53. The normalized spacial score (nSPS) is 14.5. The van der Waals surface area contributed by atoms with E-state index in [1.165, 1.54) is 0 Å².